The van der Waals surface area contributed by atoms with Crippen molar-refractivity contribution in [3.8, 4) is 5.75 Å². The number of nitrogens with two attached hydrogens (primary N) is 1. The lowest BCUT2D eigenvalue weighted by molar-refractivity contribution is -0.386. The third kappa shape index (κ3) is 1.81. The van der Waals surface area contributed by atoms with Crippen LogP contribution in [0.1, 0.15) is 11.6 Å². The van der Waals surface area contributed by atoms with Gasteiger partial charge in [0.2, 0.25) is 0 Å². The minimum Gasteiger partial charge on any atom is -0.502 e. The number of benzene rings is 1. The van der Waals surface area contributed by atoms with Gasteiger partial charge in [-0.25, -0.2) is 0 Å². The van der Waals surface area contributed by atoms with Gasteiger partial charge in [0.05, 0.1) is 17.6 Å². The standard InChI is InChI=1S/C8H10N2O4/c9-6(4-11)5-2-1-3-7(8(5)12)10(13)14/h1-3,6,11-12H,4,9H2/t6-/m0/s1. The third-order valence-electron chi connectivity index (χ3n) is 1.84. The molecule has 0 unspecified atom stereocenters. The third-order valence-corrected chi connectivity index (χ3v) is 1.84. The summed E-state index contributed by atoms with van der Waals surface area (Å²) in [4.78, 5) is 9.72. The molecule has 0 aromatic heterocycles. The number of aliphatic hydroxyl groups excluding tert-OH is 1. The molecule has 0 fully saturated rings. The van der Waals surface area contributed by atoms with Gasteiger partial charge in [-0.15, -0.1) is 0 Å². The molecule has 0 aliphatic carbocycles. The smallest absolute Gasteiger partial charge is 0.311 e. The maximum absolute atomic E-state index is 10.4. The van der Waals surface area contributed by atoms with Gasteiger partial charge in [-0.2, -0.15) is 0 Å². The van der Waals surface area contributed by atoms with Crippen molar-refractivity contribution in [2.75, 3.05) is 6.61 Å². The predicted octanol–water partition coefficient (Wildman–Crippen LogP) is 0.292. The van der Waals surface area contributed by atoms with Crippen molar-refractivity contribution < 1.29 is 15.1 Å². The van der Waals surface area contributed by atoms with Crippen molar-refractivity contribution in [2.24, 2.45) is 5.73 Å². The molecule has 0 bridgehead atoms. The summed E-state index contributed by atoms with van der Waals surface area (Å²) in [7, 11) is 0. The Hall–Kier alpha value is -1.66. The number of rotatable bonds is 3. The Kier molecular flexibility index (Phi) is 3.00. The molecular formula is C8H10N2O4. The first-order valence-corrected chi connectivity index (χ1v) is 3.90. The highest BCUT2D eigenvalue weighted by Crippen LogP contribution is 2.32. The van der Waals surface area contributed by atoms with Crippen LogP contribution in [0.3, 0.4) is 0 Å². The van der Waals surface area contributed by atoms with Crippen molar-refractivity contribution in [2.45, 2.75) is 6.04 Å². The Morgan fingerprint density at radius 3 is 2.71 bits per heavy atom. The van der Waals surface area contributed by atoms with E-state index in [1.54, 1.807) is 0 Å². The summed E-state index contributed by atoms with van der Waals surface area (Å²) >= 11 is 0. The first-order valence-electron chi connectivity index (χ1n) is 3.90. The summed E-state index contributed by atoms with van der Waals surface area (Å²) in [5.41, 5.74) is 5.19. The van der Waals surface area contributed by atoms with Gasteiger partial charge < -0.3 is 15.9 Å². The molecule has 6 heteroatoms. The molecular weight excluding hydrogens is 188 g/mol. The zero-order valence-corrected chi connectivity index (χ0v) is 7.25. The molecule has 4 N–H and O–H groups in total. The number of nitro groups is 1. The quantitative estimate of drug-likeness (QED) is 0.477. The van der Waals surface area contributed by atoms with E-state index in [1.807, 2.05) is 0 Å². The van der Waals surface area contributed by atoms with Gasteiger partial charge in [-0.1, -0.05) is 12.1 Å². The molecule has 0 aliphatic rings. The average Bonchev–Trinajstić information content (AvgIpc) is 2.16. The number of aromatic hydroxyl groups is 1. The van der Waals surface area contributed by atoms with Crippen molar-refractivity contribution in [3.63, 3.8) is 0 Å². The van der Waals surface area contributed by atoms with Crippen LogP contribution in [0.5, 0.6) is 5.75 Å². The van der Waals surface area contributed by atoms with E-state index in [9.17, 15) is 15.2 Å². The number of hydrogen-bond donors (Lipinski definition) is 3. The zero-order valence-electron chi connectivity index (χ0n) is 7.25. The van der Waals surface area contributed by atoms with E-state index >= 15 is 0 Å². The average molecular weight is 198 g/mol. The monoisotopic (exact) mass is 198 g/mol. The minimum atomic E-state index is -0.810. The Balaban J connectivity index is 3.20. The van der Waals surface area contributed by atoms with E-state index in [0.29, 0.717) is 0 Å². The highest BCUT2D eigenvalue weighted by atomic mass is 16.6. The number of phenols is 1. The van der Waals surface area contributed by atoms with Crippen molar-refractivity contribution in [1.29, 1.82) is 0 Å². The van der Waals surface area contributed by atoms with Gasteiger partial charge in [0.15, 0.2) is 5.75 Å². The van der Waals surface area contributed by atoms with Crippen molar-refractivity contribution >= 4 is 5.69 Å². The molecule has 0 saturated heterocycles. The van der Waals surface area contributed by atoms with Crippen LogP contribution in [-0.4, -0.2) is 21.7 Å². The lowest BCUT2D eigenvalue weighted by Crippen LogP contribution is -2.14. The number of hydrogen-bond acceptors (Lipinski definition) is 5. The summed E-state index contributed by atoms with van der Waals surface area (Å²) in [5, 5.41) is 28.6. The van der Waals surface area contributed by atoms with Crippen LogP contribution in [0.25, 0.3) is 0 Å². The van der Waals surface area contributed by atoms with E-state index in [0.717, 1.165) is 0 Å². The Bertz CT molecular complexity index is 353. The van der Waals surface area contributed by atoms with E-state index in [4.69, 9.17) is 10.8 Å². The van der Waals surface area contributed by atoms with Crippen LogP contribution >= 0.6 is 0 Å². The van der Waals surface area contributed by atoms with Crippen molar-refractivity contribution in [3.05, 3.63) is 33.9 Å². The van der Waals surface area contributed by atoms with Gasteiger partial charge in [0.1, 0.15) is 0 Å². The largest absolute Gasteiger partial charge is 0.502 e. The number of phenolic OH excluding ortho intramolecular Hbond substituents is 1. The van der Waals surface area contributed by atoms with Crippen LogP contribution in [-0.2, 0) is 0 Å². The summed E-state index contributed by atoms with van der Waals surface area (Å²) in [6.07, 6.45) is 0. The second-order valence-corrected chi connectivity index (χ2v) is 2.76. The molecule has 76 valence electrons. The lowest BCUT2D eigenvalue weighted by atomic mass is 10.1. The van der Waals surface area contributed by atoms with Crippen LogP contribution in [0.15, 0.2) is 18.2 Å². The van der Waals surface area contributed by atoms with Crippen molar-refractivity contribution in [1.82, 2.24) is 0 Å². The maximum Gasteiger partial charge on any atom is 0.311 e. The van der Waals surface area contributed by atoms with E-state index < -0.39 is 22.4 Å². The van der Waals surface area contributed by atoms with Gasteiger partial charge in [-0.05, 0) is 0 Å². The molecule has 0 aliphatic heterocycles. The second-order valence-electron chi connectivity index (χ2n) is 2.76. The molecule has 0 spiro atoms. The normalized spacial score (nSPS) is 12.4. The Morgan fingerprint density at radius 2 is 2.21 bits per heavy atom. The SMILES string of the molecule is N[C@@H](CO)c1cccc([N+](=O)[O-])c1O. The van der Waals surface area contributed by atoms with Crippen LogP contribution in [0, 0.1) is 10.1 Å². The van der Waals surface area contributed by atoms with Crippen LogP contribution < -0.4 is 5.73 Å². The zero-order chi connectivity index (χ0) is 10.7. The fourth-order valence-electron chi connectivity index (χ4n) is 1.09. The van der Waals surface area contributed by atoms with Gasteiger partial charge >= 0.3 is 5.69 Å². The fraction of sp³-hybridized carbons (Fsp3) is 0.250. The van der Waals surface area contributed by atoms with Gasteiger partial charge in [0, 0.05) is 11.6 Å². The van der Waals surface area contributed by atoms with E-state index in [1.165, 1.54) is 18.2 Å². The molecule has 0 heterocycles. The minimum absolute atomic E-state index is 0.168. The first kappa shape index (κ1) is 10.4. The molecule has 0 radical (unpaired) electrons. The molecule has 1 atom stereocenters. The number of para-hydroxylation sites is 1. The first-order chi connectivity index (χ1) is 6.57. The summed E-state index contributed by atoms with van der Waals surface area (Å²) in [5.74, 6) is -0.487. The Labute approximate surface area is 79.7 Å². The van der Waals surface area contributed by atoms with Crippen LogP contribution in [0.2, 0.25) is 0 Å². The van der Waals surface area contributed by atoms with E-state index in [2.05, 4.69) is 0 Å². The van der Waals surface area contributed by atoms with Crippen LogP contribution in [0.4, 0.5) is 5.69 Å². The molecule has 14 heavy (non-hydrogen) atoms. The summed E-state index contributed by atoms with van der Waals surface area (Å²) in [6, 6.07) is 3.20. The topological polar surface area (TPSA) is 110 Å². The second kappa shape index (κ2) is 4.03. The molecule has 1 aromatic rings. The summed E-state index contributed by atoms with van der Waals surface area (Å²) < 4.78 is 0. The molecule has 0 amide bonds. The van der Waals surface area contributed by atoms with Gasteiger partial charge in [0.25, 0.3) is 0 Å². The fourth-order valence-corrected chi connectivity index (χ4v) is 1.09. The molecule has 1 rings (SSSR count). The summed E-state index contributed by atoms with van der Waals surface area (Å²) in [6.45, 7) is -0.380. The maximum atomic E-state index is 10.4. The number of aliphatic hydroxyl groups is 1. The number of nitrogens with zero attached hydrogens (tertiary/aromatic N) is 1. The molecule has 0 saturated carbocycles. The highest BCUT2D eigenvalue weighted by molar-refractivity contribution is 5.51. The predicted molar refractivity (Wildman–Crippen MR) is 48.8 cm³/mol. The lowest BCUT2D eigenvalue weighted by Gasteiger charge is -2.09. The molecule has 6 nitrogen and oxygen atoms in total. The van der Waals surface area contributed by atoms with E-state index in [-0.39, 0.29) is 12.2 Å². The Morgan fingerprint density at radius 1 is 1.57 bits per heavy atom. The molecule has 1 aromatic carbocycles. The highest BCUT2D eigenvalue weighted by Gasteiger charge is 2.19. The number of nitro benzene ring substituents is 1. The van der Waals surface area contributed by atoms with Gasteiger partial charge in [-0.3, -0.25) is 10.1 Å².